The minimum atomic E-state index is -5.08. The number of fused-ring (bicyclic) bond motifs is 1. The molecule has 32 heavy (non-hydrogen) atoms. The van der Waals surface area contributed by atoms with Gasteiger partial charge in [-0.3, -0.25) is 0 Å². The number of piperidine rings is 1. The first-order valence-electron chi connectivity index (χ1n) is 9.77. The Morgan fingerprint density at radius 1 is 1.28 bits per heavy atom. The molecule has 0 amide bonds. The lowest BCUT2D eigenvalue weighted by atomic mass is 10.1. The van der Waals surface area contributed by atoms with E-state index in [1.165, 1.54) is 0 Å². The van der Waals surface area contributed by atoms with E-state index in [0.29, 0.717) is 12.4 Å². The minimum absolute atomic E-state index is 0.196. The SMILES string of the molecule is O=C(O)C(F)(F)F.[C-]#[N+]c1ccc(Cn2c(N3CCC[C@@H](N)C3)nc3ccccc32)cn1. The topological polar surface area (TPSA) is 102 Å². The van der Waals surface area contributed by atoms with E-state index in [-0.39, 0.29) is 6.04 Å². The molecule has 3 N–H and O–H groups in total. The molecule has 0 unspecified atom stereocenters. The fourth-order valence-electron chi connectivity index (χ4n) is 3.41. The number of alkyl halides is 3. The number of nitrogens with zero attached hydrogens (tertiary/aromatic N) is 5. The van der Waals surface area contributed by atoms with Crippen molar-refractivity contribution in [3.05, 3.63) is 59.6 Å². The molecule has 0 spiro atoms. The van der Waals surface area contributed by atoms with Crippen LogP contribution in [0.3, 0.4) is 0 Å². The Hall–Kier alpha value is -3.65. The van der Waals surface area contributed by atoms with E-state index in [2.05, 4.69) is 25.4 Å². The van der Waals surface area contributed by atoms with Gasteiger partial charge in [-0.2, -0.15) is 13.2 Å². The normalized spacial score (nSPS) is 16.2. The van der Waals surface area contributed by atoms with E-state index in [9.17, 15) is 13.2 Å². The van der Waals surface area contributed by atoms with Gasteiger partial charge < -0.3 is 25.2 Å². The van der Waals surface area contributed by atoms with Crippen molar-refractivity contribution < 1.29 is 23.1 Å². The smallest absolute Gasteiger partial charge is 0.475 e. The molecule has 1 saturated heterocycles. The van der Waals surface area contributed by atoms with Gasteiger partial charge >= 0.3 is 12.1 Å². The number of aliphatic carboxylic acids is 1. The standard InChI is InChI=1S/C19H20N6.C2HF3O2/c1-21-18-9-8-14(11-22-18)12-25-17-7-3-2-6-16(17)23-19(25)24-10-4-5-15(20)13-24;3-2(4,5)1(6)7/h2-3,6-9,11,15H,4-5,10,12-13,20H2;(H,6,7)/t15-;/m1./s1. The Morgan fingerprint density at radius 2 is 2.00 bits per heavy atom. The number of para-hydroxylation sites is 2. The van der Waals surface area contributed by atoms with Gasteiger partial charge in [-0.05, 0) is 31.0 Å². The van der Waals surface area contributed by atoms with Crippen LogP contribution in [0.2, 0.25) is 0 Å². The third kappa shape index (κ3) is 5.53. The van der Waals surface area contributed by atoms with Crippen molar-refractivity contribution in [3.63, 3.8) is 0 Å². The Bertz CT molecular complexity index is 1120. The van der Waals surface area contributed by atoms with E-state index >= 15 is 0 Å². The van der Waals surface area contributed by atoms with Crippen molar-refractivity contribution >= 4 is 28.8 Å². The van der Waals surface area contributed by atoms with Crippen LogP contribution < -0.4 is 10.6 Å². The quantitative estimate of drug-likeness (QED) is 0.597. The molecule has 3 heterocycles. The number of aromatic nitrogens is 3. The number of rotatable bonds is 3. The second kappa shape index (κ2) is 9.65. The number of carboxylic acids is 1. The van der Waals surface area contributed by atoms with Crippen LogP contribution in [0.15, 0.2) is 42.6 Å². The Labute approximate surface area is 181 Å². The summed E-state index contributed by atoms with van der Waals surface area (Å²) in [6, 6.07) is 12.1. The molecule has 168 valence electrons. The van der Waals surface area contributed by atoms with E-state index in [1.54, 1.807) is 12.3 Å². The zero-order valence-corrected chi connectivity index (χ0v) is 17.0. The van der Waals surface area contributed by atoms with Crippen molar-refractivity contribution in [2.24, 2.45) is 5.73 Å². The summed E-state index contributed by atoms with van der Waals surface area (Å²) in [5.74, 6) is -1.38. The maximum atomic E-state index is 10.6. The van der Waals surface area contributed by atoms with Crippen molar-refractivity contribution in [2.75, 3.05) is 18.0 Å². The summed E-state index contributed by atoms with van der Waals surface area (Å²) in [6.07, 6.45) is -1.15. The lowest BCUT2D eigenvalue weighted by molar-refractivity contribution is -0.192. The molecule has 3 aromatic rings. The Kier molecular flexibility index (Phi) is 6.95. The van der Waals surface area contributed by atoms with Crippen LogP contribution in [-0.4, -0.2) is 50.9 Å². The first kappa shape index (κ1) is 23.0. The fraction of sp³-hybridized carbons (Fsp3) is 0.333. The summed E-state index contributed by atoms with van der Waals surface area (Å²) in [4.78, 5) is 23.6. The lowest BCUT2D eigenvalue weighted by Crippen LogP contribution is -2.44. The Morgan fingerprint density at radius 3 is 2.59 bits per heavy atom. The number of hydrogen-bond donors (Lipinski definition) is 2. The number of nitrogens with two attached hydrogens (primary N) is 1. The maximum absolute atomic E-state index is 10.6. The highest BCUT2D eigenvalue weighted by Gasteiger charge is 2.38. The molecule has 1 fully saturated rings. The molecule has 4 rings (SSSR count). The first-order valence-corrected chi connectivity index (χ1v) is 9.77. The Balaban J connectivity index is 0.000000360. The number of carboxylic acid groups (broad SMARTS) is 1. The van der Waals surface area contributed by atoms with Crippen LogP contribution in [-0.2, 0) is 11.3 Å². The van der Waals surface area contributed by atoms with Crippen LogP contribution in [0.1, 0.15) is 18.4 Å². The van der Waals surface area contributed by atoms with Gasteiger partial charge in [-0.1, -0.05) is 24.8 Å². The number of benzene rings is 1. The monoisotopic (exact) mass is 446 g/mol. The van der Waals surface area contributed by atoms with Gasteiger partial charge in [0, 0.05) is 24.7 Å². The predicted molar refractivity (Wildman–Crippen MR) is 112 cm³/mol. The third-order valence-corrected chi connectivity index (χ3v) is 4.88. The van der Waals surface area contributed by atoms with Gasteiger partial charge in [-0.15, -0.1) is 4.98 Å². The summed E-state index contributed by atoms with van der Waals surface area (Å²) in [5, 5.41) is 7.12. The molecule has 11 heteroatoms. The van der Waals surface area contributed by atoms with E-state index in [1.807, 2.05) is 24.3 Å². The predicted octanol–water partition coefficient (Wildman–Crippen LogP) is 3.59. The summed E-state index contributed by atoms with van der Waals surface area (Å²) in [7, 11) is 0. The minimum Gasteiger partial charge on any atom is -0.475 e. The molecule has 8 nitrogen and oxygen atoms in total. The maximum Gasteiger partial charge on any atom is 0.490 e. The summed E-state index contributed by atoms with van der Waals surface area (Å²) in [5.41, 5.74) is 9.32. The van der Waals surface area contributed by atoms with Gasteiger partial charge in [-0.25, -0.2) is 9.78 Å². The lowest BCUT2D eigenvalue weighted by Gasteiger charge is -2.32. The van der Waals surface area contributed by atoms with Crippen LogP contribution in [0.4, 0.5) is 24.9 Å². The zero-order chi connectivity index (χ0) is 23.3. The molecule has 0 saturated carbocycles. The molecular formula is C21H21F3N6O2. The number of halogens is 3. The average molecular weight is 446 g/mol. The molecule has 1 aliphatic rings. The highest BCUT2D eigenvalue weighted by atomic mass is 19.4. The van der Waals surface area contributed by atoms with E-state index in [4.69, 9.17) is 27.2 Å². The fourth-order valence-corrected chi connectivity index (χ4v) is 3.41. The second-order valence-electron chi connectivity index (χ2n) is 7.27. The molecule has 0 radical (unpaired) electrons. The molecule has 1 atom stereocenters. The summed E-state index contributed by atoms with van der Waals surface area (Å²) in [6.45, 7) is 9.52. The van der Waals surface area contributed by atoms with Crippen molar-refractivity contribution in [1.82, 2.24) is 14.5 Å². The van der Waals surface area contributed by atoms with Crippen molar-refractivity contribution in [1.29, 1.82) is 0 Å². The molecule has 0 bridgehead atoms. The number of imidazole rings is 1. The number of pyridine rings is 1. The van der Waals surface area contributed by atoms with Crippen molar-refractivity contribution in [3.8, 4) is 0 Å². The number of carbonyl (C=O) groups is 1. The molecule has 0 aliphatic carbocycles. The molecular weight excluding hydrogens is 425 g/mol. The van der Waals surface area contributed by atoms with Crippen LogP contribution >= 0.6 is 0 Å². The van der Waals surface area contributed by atoms with Gasteiger partial charge in [0.2, 0.25) is 5.95 Å². The van der Waals surface area contributed by atoms with Gasteiger partial charge in [0.15, 0.2) is 0 Å². The average Bonchev–Trinajstić information content (AvgIpc) is 3.12. The summed E-state index contributed by atoms with van der Waals surface area (Å²) < 4.78 is 34.0. The first-order chi connectivity index (χ1) is 15.2. The summed E-state index contributed by atoms with van der Waals surface area (Å²) >= 11 is 0. The molecule has 1 aliphatic heterocycles. The zero-order valence-electron chi connectivity index (χ0n) is 17.0. The van der Waals surface area contributed by atoms with E-state index < -0.39 is 12.1 Å². The van der Waals surface area contributed by atoms with Crippen LogP contribution in [0, 0.1) is 6.57 Å². The van der Waals surface area contributed by atoms with Gasteiger partial charge in [0.1, 0.15) is 6.20 Å². The largest absolute Gasteiger partial charge is 0.490 e. The second-order valence-corrected chi connectivity index (χ2v) is 7.27. The highest BCUT2D eigenvalue weighted by molar-refractivity contribution is 5.79. The third-order valence-electron chi connectivity index (χ3n) is 4.88. The molecule has 1 aromatic carbocycles. The van der Waals surface area contributed by atoms with Gasteiger partial charge in [0.25, 0.3) is 5.82 Å². The van der Waals surface area contributed by atoms with Crippen LogP contribution in [0.25, 0.3) is 15.9 Å². The van der Waals surface area contributed by atoms with Crippen LogP contribution in [0.5, 0.6) is 0 Å². The van der Waals surface area contributed by atoms with E-state index in [0.717, 1.165) is 48.5 Å². The molecule has 2 aromatic heterocycles. The number of hydrogen-bond acceptors (Lipinski definition) is 5. The van der Waals surface area contributed by atoms with Gasteiger partial charge in [0.05, 0.1) is 17.6 Å². The van der Waals surface area contributed by atoms with Crippen molar-refractivity contribution in [2.45, 2.75) is 31.6 Å². The number of anilines is 1. The highest BCUT2D eigenvalue weighted by Crippen LogP contribution is 2.26.